The number of hydrogen-bond donors (Lipinski definition) is 4. The van der Waals surface area contributed by atoms with E-state index in [9.17, 15) is 0 Å². The molecule has 1 radical (unpaired) electrons. The van der Waals surface area contributed by atoms with Crippen LogP contribution in [0.4, 0.5) is 0 Å². The molecule has 0 aromatic carbocycles. The van der Waals surface area contributed by atoms with E-state index in [0.29, 0.717) is 13.1 Å². The SMILES string of the molecule is NCCNCCNCCN.[Fe+3]. The van der Waals surface area contributed by atoms with Crippen molar-refractivity contribution in [3.05, 3.63) is 0 Å². The van der Waals surface area contributed by atoms with Crippen molar-refractivity contribution in [2.75, 3.05) is 39.3 Å². The Labute approximate surface area is 78.9 Å². The summed E-state index contributed by atoms with van der Waals surface area (Å²) >= 11 is 0. The maximum atomic E-state index is 5.27. The van der Waals surface area contributed by atoms with Gasteiger partial charge in [-0.15, -0.1) is 0 Å². The van der Waals surface area contributed by atoms with Gasteiger partial charge in [-0.2, -0.15) is 0 Å². The Bertz CT molecular complexity index is 54.5. The summed E-state index contributed by atoms with van der Waals surface area (Å²) in [6.07, 6.45) is 0. The molecule has 0 bridgehead atoms. The van der Waals surface area contributed by atoms with E-state index in [2.05, 4.69) is 10.6 Å². The minimum atomic E-state index is 0. The predicted molar refractivity (Wildman–Crippen MR) is 43.8 cm³/mol. The Morgan fingerprint density at radius 3 is 1.36 bits per heavy atom. The van der Waals surface area contributed by atoms with Crippen LogP contribution < -0.4 is 22.1 Å². The standard InChI is InChI=1S/C6H18N4.Fe/c7-1-3-9-5-6-10-4-2-8;/h9-10H,1-8H2;/q;+3. The van der Waals surface area contributed by atoms with Gasteiger partial charge < -0.3 is 22.1 Å². The molecule has 5 heteroatoms. The van der Waals surface area contributed by atoms with E-state index in [1.54, 1.807) is 0 Å². The van der Waals surface area contributed by atoms with Gasteiger partial charge in [0.25, 0.3) is 0 Å². The van der Waals surface area contributed by atoms with Gasteiger partial charge in [0, 0.05) is 39.3 Å². The van der Waals surface area contributed by atoms with Crippen LogP contribution in [0.3, 0.4) is 0 Å². The molecule has 0 spiro atoms. The van der Waals surface area contributed by atoms with Crippen LogP contribution in [0, 0.1) is 0 Å². The van der Waals surface area contributed by atoms with Crippen LogP contribution in [-0.4, -0.2) is 39.3 Å². The zero-order valence-electron chi connectivity index (χ0n) is 6.75. The van der Waals surface area contributed by atoms with E-state index in [0.717, 1.165) is 26.2 Å². The smallest absolute Gasteiger partial charge is 0.329 e. The van der Waals surface area contributed by atoms with Gasteiger partial charge in [0.15, 0.2) is 0 Å². The maximum absolute atomic E-state index is 5.27. The average molecular weight is 202 g/mol. The first kappa shape index (κ1) is 13.9. The summed E-state index contributed by atoms with van der Waals surface area (Å²) < 4.78 is 0. The van der Waals surface area contributed by atoms with Gasteiger partial charge in [-0.3, -0.25) is 0 Å². The molecule has 11 heavy (non-hydrogen) atoms. The predicted octanol–water partition coefficient (Wildman–Crippen LogP) is -1.92. The monoisotopic (exact) mass is 202 g/mol. The van der Waals surface area contributed by atoms with E-state index in [-0.39, 0.29) is 17.1 Å². The second-order valence-electron chi connectivity index (χ2n) is 2.08. The molecule has 0 aliphatic heterocycles. The largest absolute Gasteiger partial charge is 3.00 e. The molecule has 0 heterocycles. The summed E-state index contributed by atoms with van der Waals surface area (Å²) in [6, 6.07) is 0. The Hall–Kier alpha value is 0.359. The third-order valence-electron chi connectivity index (χ3n) is 1.12. The van der Waals surface area contributed by atoms with Gasteiger partial charge in [-0.05, 0) is 0 Å². The topological polar surface area (TPSA) is 76.1 Å². The summed E-state index contributed by atoms with van der Waals surface area (Å²) in [5, 5.41) is 6.33. The molecule has 4 nitrogen and oxygen atoms in total. The Kier molecular flexibility index (Phi) is 16.4. The van der Waals surface area contributed by atoms with Crippen LogP contribution in [0.25, 0.3) is 0 Å². The minimum Gasteiger partial charge on any atom is -0.329 e. The number of rotatable bonds is 7. The molecular formula is C6H18FeN4+3. The van der Waals surface area contributed by atoms with Crippen molar-refractivity contribution in [1.82, 2.24) is 10.6 Å². The van der Waals surface area contributed by atoms with Crippen molar-refractivity contribution < 1.29 is 17.1 Å². The molecular weight excluding hydrogens is 184 g/mol. The molecule has 0 aliphatic carbocycles. The Balaban J connectivity index is 0. The van der Waals surface area contributed by atoms with Crippen LogP contribution in [0.5, 0.6) is 0 Å². The average Bonchev–Trinajstić information content (AvgIpc) is 1.97. The molecule has 0 atom stereocenters. The summed E-state index contributed by atoms with van der Waals surface area (Å²) in [5.41, 5.74) is 10.5. The number of nitrogens with one attached hydrogen (secondary N) is 2. The van der Waals surface area contributed by atoms with Gasteiger partial charge in [0.1, 0.15) is 0 Å². The van der Waals surface area contributed by atoms with Gasteiger partial charge in [-0.1, -0.05) is 0 Å². The van der Waals surface area contributed by atoms with Crippen LogP contribution in [0.2, 0.25) is 0 Å². The number of hydrogen-bond acceptors (Lipinski definition) is 4. The van der Waals surface area contributed by atoms with Crippen LogP contribution >= 0.6 is 0 Å². The molecule has 0 amide bonds. The summed E-state index contributed by atoms with van der Waals surface area (Å²) in [6.45, 7) is 5.14. The molecule has 0 rings (SSSR count). The van der Waals surface area contributed by atoms with Gasteiger partial charge in [0.05, 0.1) is 0 Å². The maximum Gasteiger partial charge on any atom is 3.00 e. The van der Waals surface area contributed by atoms with Crippen molar-refractivity contribution in [3.63, 3.8) is 0 Å². The fourth-order valence-corrected chi connectivity index (χ4v) is 0.631. The second-order valence-corrected chi connectivity index (χ2v) is 2.08. The Morgan fingerprint density at radius 2 is 1.09 bits per heavy atom. The molecule has 0 unspecified atom stereocenters. The van der Waals surface area contributed by atoms with Crippen molar-refractivity contribution >= 4 is 0 Å². The summed E-state index contributed by atoms with van der Waals surface area (Å²) in [7, 11) is 0. The van der Waals surface area contributed by atoms with Crippen LogP contribution in [-0.2, 0) is 17.1 Å². The van der Waals surface area contributed by atoms with Crippen LogP contribution in [0.15, 0.2) is 0 Å². The fraction of sp³-hybridized carbons (Fsp3) is 1.00. The normalized spacial score (nSPS) is 9.27. The first-order chi connectivity index (χ1) is 4.91. The van der Waals surface area contributed by atoms with Gasteiger partial charge in [-0.25, -0.2) is 0 Å². The minimum absolute atomic E-state index is 0. The van der Waals surface area contributed by atoms with E-state index >= 15 is 0 Å². The van der Waals surface area contributed by atoms with E-state index in [1.165, 1.54) is 0 Å². The molecule has 0 saturated carbocycles. The molecule has 0 aliphatic rings. The molecule has 6 N–H and O–H groups in total. The van der Waals surface area contributed by atoms with E-state index in [4.69, 9.17) is 11.5 Å². The number of nitrogens with two attached hydrogens (primary N) is 2. The van der Waals surface area contributed by atoms with Crippen molar-refractivity contribution in [1.29, 1.82) is 0 Å². The first-order valence-corrected chi connectivity index (χ1v) is 3.73. The van der Waals surface area contributed by atoms with Crippen LogP contribution in [0.1, 0.15) is 0 Å². The first-order valence-electron chi connectivity index (χ1n) is 3.73. The zero-order valence-corrected chi connectivity index (χ0v) is 7.86. The third kappa shape index (κ3) is 13.4. The molecule has 0 aromatic heterocycles. The zero-order chi connectivity index (χ0) is 7.66. The van der Waals surface area contributed by atoms with Crippen molar-refractivity contribution in [2.24, 2.45) is 11.5 Å². The fourth-order valence-electron chi connectivity index (χ4n) is 0.631. The summed E-state index contributed by atoms with van der Waals surface area (Å²) in [4.78, 5) is 0. The summed E-state index contributed by atoms with van der Waals surface area (Å²) in [5.74, 6) is 0. The van der Waals surface area contributed by atoms with Crippen molar-refractivity contribution in [2.45, 2.75) is 0 Å². The molecule has 0 aromatic rings. The van der Waals surface area contributed by atoms with E-state index in [1.807, 2.05) is 0 Å². The second kappa shape index (κ2) is 13.0. The third-order valence-corrected chi connectivity index (χ3v) is 1.12. The Morgan fingerprint density at radius 1 is 0.727 bits per heavy atom. The van der Waals surface area contributed by atoms with Gasteiger partial charge in [0.2, 0.25) is 0 Å². The van der Waals surface area contributed by atoms with Crippen molar-refractivity contribution in [3.8, 4) is 0 Å². The van der Waals surface area contributed by atoms with Gasteiger partial charge >= 0.3 is 17.1 Å². The molecule has 67 valence electrons. The molecule has 0 fully saturated rings. The quantitative estimate of drug-likeness (QED) is 0.287. The molecule has 0 saturated heterocycles. The van der Waals surface area contributed by atoms with E-state index < -0.39 is 0 Å².